The van der Waals surface area contributed by atoms with Crippen molar-refractivity contribution in [2.75, 3.05) is 4.72 Å². The number of anilines is 1. The van der Waals surface area contributed by atoms with Gasteiger partial charge in [-0.2, -0.15) is 0 Å². The lowest BCUT2D eigenvalue weighted by Gasteiger charge is -2.13. The summed E-state index contributed by atoms with van der Waals surface area (Å²) in [4.78, 5) is -0.107. The van der Waals surface area contributed by atoms with Gasteiger partial charge in [0.25, 0.3) is 10.0 Å². The molecule has 0 aromatic heterocycles. The molecule has 0 bridgehead atoms. The summed E-state index contributed by atoms with van der Waals surface area (Å²) in [6.07, 6.45) is 0.702. The Morgan fingerprint density at radius 3 is 2.29 bits per heavy atom. The molecule has 112 valence electrons. The van der Waals surface area contributed by atoms with E-state index in [4.69, 9.17) is 34.8 Å². The highest BCUT2D eigenvalue weighted by Crippen LogP contribution is 2.32. The molecule has 0 saturated heterocycles. The molecule has 0 aliphatic carbocycles. The third-order valence-corrected chi connectivity index (χ3v) is 5.46. The van der Waals surface area contributed by atoms with Gasteiger partial charge in [-0.15, -0.1) is 0 Å². The van der Waals surface area contributed by atoms with Gasteiger partial charge < -0.3 is 0 Å². The van der Waals surface area contributed by atoms with Crippen LogP contribution in [0.1, 0.15) is 12.5 Å². The van der Waals surface area contributed by atoms with E-state index in [0.29, 0.717) is 12.1 Å². The maximum absolute atomic E-state index is 12.5. The predicted molar refractivity (Wildman–Crippen MR) is 88.1 cm³/mol. The van der Waals surface area contributed by atoms with Gasteiger partial charge in [0.2, 0.25) is 0 Å². The lowest BCUT2D eigenvalue weighted by atomic mass is 10.1. The van der Waals surface area contributed by atoms with Crippen molar-refractivity contribution in [1.82, 2.24) is 0 Å². The Kier molecular flexibility index (Phi) is 5.04. The van der Waals surface area contributed by atoms with E-state index in [2.05, 4.69) is 4.72 Å². The minimum absolute atomic E-state index is 0.0193. The third kappa shape index (κ3) is 3.64. The summed E-state index contributed by atoms with van der Waals surface area (Å²) >= 11 is 17.6. The second kappa shape index (κ2) is 6.44. The molecule has 2 rings (SSSR count). The molecule has 0 fully saturated rings. The molecular formula is C14H12Cl3NO2S. The highest BCUT2D eigenvalue weighted by molar-refractivity contribution is 7.92. The normalized spacial score (nSPS) is 11.4. The van der Waals surface area contributed by atoms with Crippen molar-refractivity contribution in [3.05, 3.63) is 57.0 Å². The second-order valence-electron chi connectivity index (χ2n) is 4.31. The molecular weight excluding hydrogens is 353 g/mol. The average molecular weight is 365 g/mol. The van der Waals surface area contributed by atoms with Crippen molar-refractivity contribution in [1.29, 1.82) is 0 Å². The van der Waals surface area contributed by atoms with Gasteiger partial charge in [0.15, 0.2) is 0 Å². The molecule has 0 aliphatic heterocycles. The Balaban J connectivity index is 2.46. The number of hydrogen-bond acceptors (Lipinski definition) is 2. The van der Waals surface area contributed by atoms with E-state index in [-0.39, 0.29) is 20.0 Å². The number of sulfonamides is 1. The number of aryl methyl sites for hydroxylation is 1. The number of nitrogens with one attached hydrogen (secondary N) is 1. The SMILES string of the molecule is CCc1ccccc1NS(=O)(=O)c1cc(Cl)c(Cl)cc1Cl. The first kappa shape index (κ1) is 16.4. The molecule has 0 unspecified atom stereocenters. The van der Waals surface area contributed by atoms with Gasteiger partial charge in [0.1, 0.15) is 4.90 Å². The Hall–Kier alpha value is -0.940. The lowest BCUT2D eigenvalue weighted by molar-refractivity contribution is 0.601. The Labute approximate surface area is 138 Å². The molecule has 7 heteroatoms. The van der Waals surface area contributed by atoms with Crippen molar-refractivity contribution in [2.45, 2.75) is 18.2 Å². The molecule has 0 amide bonds. The minimum Gasteiger partial charge on any atom is -0.279 e. The van der Waals surface area contributed by atoms with Crippen molar-refractivity contribution in [2.24, 2.45) is 0 Å². The van der Waals surface area contributed by atoms with Gasteiger partial charge in [-0.05, 0) is 30.2 Å². The third-order valence-electron chi connectivity index (χ3n) is 2.91. The highest BCUT2D eigenvalue weighted by Gasteiger charge is 2.20. The fraction of sp³-hybridized carbons (Fsp3) is 0.143. The van der Waals surface area contributed by atoms with Crippen LogP contribution in [0.4, 0.5) is 5.69 Å². The summed E-state index contributed by atoms with van der Waals surface area (Å²) in [6.45, 7) is 1.94. The summed E-state index contributed by atoms with van der Waals surface area (Å²) in [5.41, 5.74) is 1.40. The van der Waals surface area contributed by atoms with Crippen LogP contribution in [0, 0.1) is 0 Å². The molecule has 0 radical (unpaired) electrons. The van der Waals surface area contributed by atoms with E-state index < -0.39 is 10.0 Å². The van der Waals surface area contributed by atoms with Crippen molar-refractivity contribution in [3.8, 4) is 0 Å². The summed E-state index contributed by atoms with van der Waals surface area (Å²) < 4.78 is 27.4. The fourth-order valence-electron chi connectivity index (χ4n) is 1.84. The van der Waals surface area contributed by atoms with Gasteiger partial charge in [-0.3, -0.25) is 4.72 Å². The fourth-order valence-corrected chi connectivity index (χ4v) is 3.94. The zero-order chi connectivity index (χ0) is 15.6. The van der Waals surface area contributed by atoms with Crippen LogP contribution in [-0.2, 0) is 16.4 Å². The molecule has 0 heterocycles. The predicted octanol–water partition coefficient (Wildman–Crippen LogP) is 5.01. The van der Waals surface area contributed by atoms with E-state index in [1.807, 2.05) is 19.1 Å². The highest BCUT2D eigenvalue weighted by atomic mass is 35.5. The van der Waals surface area contributed by atoms with Crippen LogP contribution in [0.2, 0.25) is 15.1 Å². The monoisotopic (exact) mass is 363 g/mol. The molecule has 0 aliphatic rings. The van der Waals surface area contributed by atoms with Crippen LogP contribution in [0.15, 0.2) is 41.3 Å². The molecule has 0 spiro atoms. The van der Waals surface area contributed by atoms with Crippen LogP contribution in [0.25, 0.3) is 0 Å². The molecule has 1 N–H and O–H groups in total. The standard InChI is InChI=1S/C14H12Cl3NO2S/c1-2-9-5-3-4-6-13(9)18-21(19,20)14-8-11(16)10(15)7-12(14)17/h3-8,18H,2H2,1H3. The van der Waals surface area contributed by atoms with E-state index in [1.54, 1.807) is 12.1 Å². The molecule has 3 nitrogen and oxygen atoms in total. The Morgan fingerprint density at radius 1 is 1.00 bits per heavy atom. The van der Waals surface area contributed by atoms with Crippen LogP contribution in [0.3, 0.4) is 0 Å². The molecule has 21 heavy (non-hydrogen) atoms. The van der Waals surface area contributed by atoms with E-state index >= 15 is 0 Å². The Morgan fingerprint density at radius 2 is 1.62 bits per heavy atom. The summed E-state index contributed by atoms with van der Waals surface area (Å²) in [5, 5.41) is 0.352. The second-order valence-corrected chi connectivity index (χ2v) is 7.19. The van der Waals surface area contributed by atoms with Gasteiger partial charge in [0.05, 0.1) is 20.8 Å². The first-order valence-electron chi connectivity index (χ1n) is 6.10. The first-order chi connectivity index (χ1) is 9.85. The van der Waals surface area contributed by atoms with Crippen molar-refractivity contribution in [3.63, 3.8) is 0 Å². The number of halogens is 3. The summed E-state index contributed by atoms with van der Waals surface area (Å²) in [6, 6.07) is 9.71. The zero-order valence-corrected chi connectivity index (χ0v) is 14.1. The van der Waals surface area contributed by atoms with E-state index in [0.717, 1.165) is 5.56 Å². The van der Waals surface area contributed by atoms with Gasteiger partial charge >= 0.3 is 0 Å². The number of rotatable bonds is 4. The largest absolute Gasteiger partial charge is 0.279 e. The van der Waals surface area contributed by atoms with Gasteiger partial charge in [0, 0.05) is 0 Å². The van der Waals surface area contributed by atoms with Crippen molar-refractivity contribution >= 4 is 50.5 Å². The first-order valence-corrected chi connectivity index (χ1v) is 8.72. The molecule has 2 aromatic rings. The maximum atomic E-state index is 12.5. The van der Waals surface area contributed by atoms with Gasteiger partial charge in [-0.1, -0.05) is 59.9 Å². The molecule has 2 aromatic carbocycles. The van der Waals surface area contributed by atoms with Crippen LogP contribution in [0.5, 0.6) is 0 Å². The number of benzene rings is 2. The van der Waals surface area contributed by atoms with Gasteiger partial charge in [-0.25, -0.2) is 8.42 Å². The smallest absolute Gasteiger partial charge is 0.263 e. The lowest BCUT2D eigenvalue weighted by Crippen LogP contribution is -2.14. The molecule has 0 saturated carbocycles. The quantitative estimate of drug-likeness (QED) is 0.775. The van der Waals surface area contributed by atoms with Crippen LogP contribution in [-0.4, -0.2) is 8.42 Å². The summed E-state index contributed by atoms with van der Waals surface area (Å²) in [5.74, 6) is 0. The van der Waals surface area contributed by atoms with Crippen LogP contribution >= 0.6 is 34.8 Å². The molecule has 0 atom stereocenters. The Bertz CT molecular complexity index is 776. The summed E-state index contributed by atoms with van der Waals surface area (Å²) in [7, 11) is -3.84. The van der Waals surface area contributed by atoms with Crippen molar-refractivity contribution < 1.29 is 8.42 Å². The zero-order valence-electron chi connectivity index (χ0n) is 11.0. The average Bonchev–Trinajstić information content (AvgIpc) is 2.43. The van der Waals surface area contributed by atoms with E-state index in [9.17, 15) is 8.42 Å². The number of hydrogen-bond donors (Lipinski definition) is 1. The van der Waals surface area contributed by atoms with E-state index in [1.165, 1.54) is 12.1 Å². The minimum atomic E-state index is -3.84. The van der Waals surface area contributed by atoms with Crippen LogP contribution < -0.4 is 4.72 Å². The maximum Gasteiger partial charge on any atom is 0.263 e. The topological polar surface area (TPSA) is 46.2 Å². The number of para-hydroxylation sites is 1.